The van der Waals surface area contributed by atoms with Crippen molar-refractivity contribution in [1.82, 2.24) is 9.80 Å². The Labute approximate surface area is 156 Å². The number of benzene rings is 1. The highest BCUT2D eigenvalue weighted by molar-refractivity contribution is 5.70. The molecule has 0 saturated carbocycles. The zero-order chi connectivity index (χ0) is 19.3. The zero-order valence-corrected chi connectivity index (χ0v) is 16.4. The highest BCUT2D eigenvalue weighted by atomic mass is 16.6. The van der Waals surface area contributed by atoms with Crippen molar-refractivity contribution in [3.05, 3.63) is 35.9 Å². The minimum Gasteiger partial charge on any atom is -0.445 e. The third-order valence-corrected chi connectivity index (χ3v) is 4.18. The zero-order valence-electron chi connectivity index (χ0n) is 16.4. The summed E-state index contributed by atoms with van der Waals surface area (Å²) in [6.45, 7) is 10.7. The van der Waals surface area contributed by atoms with Crippen LogP contribution >= 0.6 is 0 Å². The van der Waals surface area contributed by atoms with Crippen molar-refractivity contribution >= 4 is 12.2 Å². The highest BCUT2D eigenvalue weighted by Crippen LogP contribution is 2.22. The summed E-state index contributed by atoms with van der Waals surface area (Å²) in [7, 11) is 0. The van der Waals surface area contributed by atoms with Gasteiger partial charge in [0.1, 0.15) is 12.2 Å². The van der Waals surface area contributed by atoms with E-state index in [-0.39, 0.29) is 30.9 Å². The van der Waals surface area contributed by atoms with Crippen molar-refractivity contribution in [3.8, 4) is 0 Å². The smallest absolute Gasteiger partial charge is 0.410 e. The van der Waals surface area contributed by atoms with Crippen LogP contribution in [0.4, 0.5) is 9.59 Å². The predicted octanol–water partition coefficient (Wildman–Crippen LogP) is 4.04. The summed E-state index contributed by atoms with van der Waals surface area (Å²) < 4.78 is 10.9. The first kappa shape index (κ1) is 20.1. The summed E-state index contributed by atoms with van der Waals surface area (Å²) in [5.41, 5.74) is 0.424. The summed E-state index contributed by atoms with van der Waals surface area (Å²) >= 11 is 0. The molecule has 0 aliphatic carbocycles. The number of hydrogen-bond donors (Lipinski definition) is 0. The van der Waals surface area contributed by atoms with E-state index in [2.05, 4.69) is 0 Å². The van der Waals surface area contributed by atoms with Gasteiger partial charge < -0.3 is 19.3 Å². The molecule has 1 fully saturated rings. The van der Waals surface area contributed by atoms with Crippen LogP contribution in [0.1, 0.15) is 46.6 Å². The number of likely N-dealkylation sites (tertiary alicyclic amines) is 1. The van der Waals surface area contributed by atoms with E-state index in [0.717, 1.165) is 12.0 Å². The fourth-order valence-corrected chi connectivity index (χ4v) is 3.04. The molecule has 0 radical (unpaired) electrons. The van der Waals surface area contributed by atoms with Crippen molar-refractivity contribution in [2.24, 2.45) is 0 Å². The molecule has 2 rings (SSSR count). The fraction of sp³-hybridized carbons (Fsp3) is 0.600. The van der Waals surface area contributed by atoms with Crippen molar-refractivity contribution in [1.29, 1.82) is 0 Å². The van der Waals surface area contributed by atoms with Gasteiger partial charge in [0.2, 0.25) is 0 Å². The van der Waals surface area contributed by atoms with Crippen LogP contribution in [0.15, 0.2) is 30.3 Å². The van der Waals surface area contributed by atoms with Crippen molar-refractivity contribution in [2.45, 2.75) is 65.3 Å². The molecular formula is C20H30N2O4. The van der Waals surface area contributed by atoms with Crippen LogP contribution < -0.4 is 0 Å². The van der Waals surface area contributed by atoms with Gasteiger partial charge in [0.25, 0.3) is 0 Å². The van der Waals surface area contributed by atoms with Gasteiger partial charge >= 0.3 is 12.2 Å². The Morgan fingerprint density at radius 3 is 2.46 bits per heavy atom. The van der Waals surface area contributed by atoms with Gasteiger partial charge in [-0.1, -0.05) is 30.3 Å². The maximum Gasteiger partial charge on any atom is 0.410 e. The second-order valence-electron chi connectivity index (χ2n) is 7.91. The second-order valence-corrected chi connectivity index (χ2v) is 7.91. The van der Waals surface area contributed by atoms with Crippen molar-refractivity contribution in [3.63, 3.8) is 0 Å². The summed E-state index contributed by atoms with van der Waals surface area (Å²) in [6, 6.07) is 9.53. The standard InChI is InChI=1S/C20H30N2O4/c1-15(2)22(19(24)25-14-16-9-7-6-8-10-16)17-11-12-21(13-17)18(23)26-20(3,4)5/h6-10,15,17H,11-14H2,1-5H3. The Balaban J connectivity index is 1.95. The first-order chi connectivity index (χ1) is 12.2. The lowest BCUT2D eigenvalue weighted by atomic mass is 10.2. The molecule has 6 heteroatoms. The minimum absolute atomic E-state index is 0.0122. The molecule has 26 heavy (non-hydrogen) atoms. The monoisotopic (exact) mass is 362 g/mol. The number of nitrogens with zero attached hydrogens (tertiary/aromatic N) is 2. The average molecular weight is 362 g/mol. The van der Waals surface area contributed by atoms with E-state index in [9.17, 15) is 9.59 Å². The molecule has 0 aromatic heterocycles. The van der Waals surface area contributed by atoms with Gasteiger partial charge in [-0.05, 0) is 46.6 Å². The number of carbonyl (C=O) groups is 2. The fourth-order valence-electron chi connectivity index (χ4n) is 3.04. The second kappa shape index (κ2) is 8.43. The molecule has 1 aliphatic heterocycles. The Morgan fingerprint density at radius 1 is 1.23 bits per heavy atom. The van der Waals surface area contributed by atoms with Gasteiger partial charge in [0, 0.05) is 19.1 Å². The summed E-state index contributed by atoms with van der Waals surface area (Å²) in [5.74, 6) is 0. The van der Waals surface area contributed by atoms with Crippen LogP contribution in [0.2, 0.25) is 0 Å². The topological polar surface area (TPSA) is 59.1 Å². The van der Waals surface area contributed by atoms with E-state index in [0.29, 0.717) is 13.1 Å². The van der Waals surface area contributed by atoms with Crippen LogP contribution in [0.3, 0.4) is 0 Å². The molecule has 1 aromatic rings. The molecular weight excluding hydrogens is 332 g/mol. The molecule has 0 spiro atoms. The first-order valence-corrected chi connectivity index (χ1v) is 9.14. The van der Waals surface area contributed by atoms with Gasteiger partial charge in [0.15, 0.2) is 0 Å². The minimum atomic E-state index is -0.526. The average Bonchev–Trinajstić information content (AvgIpc) is 3.02. The number of carbonyl (C=O) groups excluding carboxylic acids is 2. The van der Waals surface area contributed by atoms with Crippen LogP contribution in [-0.4, -0.2) is 52.8 Å². The van der Waals surface area contributed by atoms with Crippen LogP contribution in [0.25, 0.3) is 0 Å². The Morgan fingerprint density at radius 2 is 1.88 bits per heavy atom. The molecule has 0 N–H and O–H groups in total. The molecule has 2 amide bonds. The van der Waals surface area contributed by atoms with Gasteiger partial charge in [-0.15, -0.1) is 0 Å². The van der Waals surface area contributed by atoms with Gasteiger partial charge in [-0.25, -0.2) is 9.59 Å². The maximum absolute atomic E-state index is 12.6. The van der Waals surface area contributed by atoms with Crippen LogP contribution in [0, 0.1) is 0 Å². The Bertz CT molecular complexity index is 610. The lowest BCUT2D eigenvalue weighted by Crippen LogP contribution is -2.47. The third-order valence-electron chi connectivity index (χ3n) is 4.18. The molecule has 1 atom stereocenters. The Hall–Kier alpha value is -2.24. The van der Waals surface area contributed by atoms with Gasteiger partial charge in [-0.3, -0.25) is 0 Å². The Kier molecular flexibility index (Phi) is 6.51. The maximum atomic E-state index is 12.6. The SMILES string of the molecule is CC(C)N(C(=O)OCc1ccccc1)C1CCN(C(=O)OC(C)(C)C)C1. The van der Waals surface area contributed by atoms with E-state index in [1.165, 1.54) is 0 Å². The van der Waals surface area contributed by atoms with Crippen molar-refractivity contribution < 1.29 is 19.1 Å². The van der Waals surface area contributed by atoms with Crippen LogP contribution in [-0.2, 0) is 16.1 Å². The van der Waals surface area contributed by atoms with Gasteiger partial charge in [0.05, 0.1) is 6.04 Å². The van der Waals surface area contributed by atoms with E-state index < -0.39 is 5.60 Å². The van der Waals surface area contributed by atoms with E-state index >= 15 is 0 Å². The molecule has 1 unspecified atom stereocenters. The van der Waals surface area contributed by atoms with Crippen molar-refractivity contribution in [2.75, 3.05) is 13.1 Å². The van der Waals surface area contributed by atoms with E-state index in [1.807, 2.05) is 65.0 Å². The molecule has 1 aromatic carbocycles. The lowest BCUT2D eigenvalue weighted by molar-refractivity contribution is 0.0264. The van der Waals surface area contributed by atoms with E-state index in [1.54, 1.807) is 9.80 Å². The quantitative estimate of drug-likeness (QED) is 0.811. The first-order valence-electron chi connectivity index (χ1n) is 9.14. The molecule has 0 bridgehead atoms. The third kappa shape index (κ3) is 5.64. The molecule has 1 saturated heterocycles. The van der Waals surface area contributed by atoms with E-state index in [4.69, 9.17) is 9.47 Å². The molecule has 144 valence electrons. The largest absolute Gasteiger partial charge is 0.445 e. The highest BCUT2D eigenvalue weighted by Gasteiger charge is 2.36. The molecule has 1 heterocycles. The van der Waals surface area contributed by atoms with Crippen LogP contribution in [0.5, 0.6) is 0 Å². The number of hydrogen-bond acceptors (Lipinski definition) is 4. The number of rotatable bonds is 4. The number of ether oxygens (including phenoxy) is 2. The lowest BCUT2D eigenvalue weighted by Gasteiger charge is -2.32. The normalized spacial score (nSPS) is 17.3. The summed E-state index contributed by atoms with van der Waals surface area (Å²) in [6.07, 6.45) is 0.0407. The summed E-state index contributed by atoms with van der Waals surface area (Å²) in [4.78, 5) is 28.3. The number of amides is 2. The molecule has 1 aliphatic rings. The molecule has 6 nitrogen and oxygen atoms in total. The predicted molar refractivity (Wildman–Crippen MR) is 99.8 cm³/mol. The van der Waals surface area contributed by atoms with Gasteiger partial charge in [-0.2, -0.15) is 0 Å². The summed E-state index contributed by atoms with van der Waals surface area (Å²) in [5, 5.41) is 0.